The Balaban J connectivity index is 2.79. The summed E-state index contributed by atoms with van der Waals surface area (Å²) in [6.45, 7) is 0. The first-order valence-corrected chi connectivity index (χ1v) is 5.46. The van der Waals surface area contributed by atoms with Crippen LogP contribution in [-0.4, -0.2) is 4.69 Å². The van der Waals surface area contributed by atoms with Crippen LogP contribution in [0.1, 0.15) is 11.1 Å². The normalized spacial score (nSPS) is 9.83. The van der Waals surface area contributed by atoms with Crippen LogP contribution in [0, 0.1) is 0 Å². The van der Waals surface area contributed by atoms with Crippen LogP contribution in [0.25, 0.3) is 0 Å². The highest BCUT2D eigenvalue weighted by Gasteiger charge is 1.99. The molecule has 12 heavy (non-hydrogen) atoms. The second-order valence-corrected chi connectivity index (χ2v) is 3.93. The number of benzene rings is 1. The standard InChI is InChI=1S/C9H8Br2O/c10-6-8-3-1-2-7(4-8)5-9(11)12/h1-4H,5-6H2. The molecule has 0 aliphatic heterocycles. The van der Waals surface area contributed by atoms with Crippen molar-refractivity contribution in [2.75, 3.05) is 0 Å². The summed E-state index contributed by atoms with van der Waals surface area (Å²) in [5.41, 5.74) is 2.25. The summed E-state index contributed by atoms with van der Waals surface area (Å²) in [5.74, 6) is 0. The number of carbonyl (C=O) groups excluding carboxylic acids is 1. The van der Waals surface area contributed by atoms with Gasteiger partial charge in [-0.25, -0.2) is 0 Å². The largest absolute Gasteiger partial charge is 0.286 e. The second kappa shape index (κ2) is 4.77. The molecule has 0 saturated carbocycles. The van der Waals surface area contributed by atoms with E-state index in [1.165, 1.54) is 5.56 Å². The Hall–Kier alpha value is -0.150. The van der Waals surface area contributed by atoms with Crippen molar-refractivity contribution in [3.63, 3.8) is 0 Å². The van der Waals surface area contributed by atoms with Gasteiger partial charge >= 0.3 is 0 Å². The molecule has 0 atom stereocenters. The molecule has 1 rings (SSSR count). The van der Waals surface area contributed by atoms with Crippen molar-refractivity contribution >= 4 is 36.6 Å². The van der Waals surface area contributed by atoms with Crippen LogP contribution in [0.4, 0.5) is 0 Å². The number of alkyl halides is 1. The van der Waals surface area contributed by atoms with Crippen molar-refractivity contribution in [3.05, 3.63) is 35.4 Å². The van der Waals surface area contributed by atoms with E-state index < -0.39 is 0 Å². The van der Waals surface area contributed by atoms with E-state index in [1.54, 1.807) is 0 Å². The lowest BCUT2D eigenvalue weighted by molar-refractivity contribution is -0.109. The van der Waals surface area contributed by atoms with E-state index in [9.17, 15) is 4.79 Å². The van der Waals surface area contributed by atoms with Crippen LogP contribution >= 0.6 is 31.9 Å². The molecule has 1 aromatic carbocycles. The minimum atomic E-state index is 0.0224. The Morgan fingerprint density at radius 3 is 2.58 bits per heavy atom. The smallest absolute Gasteiger partial charge is 0.202 e. The third kappa shape index (κ3) is 3.07. The fraction of sp³-hybridized carbons (Fsp3) is 0.222. The molecule has 0 spiro atoms. The Morgan fingerprint density at radius 1 is 1.33 bits per heavy atom. The molecular weight excluding hydrogens is 284 g/mol. The molecule has 0 unspecified atom stereocenters. The number of rotatable bonds is 3. The third-order valence-corrected chi connectivity index (χ3v) is 2.42. The first kappa shape index (κ1) is 9.93. The highest BCUT2D eigenvalue weighted by atomic mass is 79.9. The SMILES string of the molecule is O=C(Br)Cc1cccc(CBr)c1. The van der Waals surface area contributed by atoms with Gasteiger partial charge in [-0.2, -0.15) is 0 Å². The molecule has 0 aromatic heterocycles. The van der Waals surface area contributed by atoms with E-state index in [0.717, 1.165) is 10.9 Å². The van der Waals surface area contributed by atoms with Gasteiger partial charge in [-0.1, -0.05) is 40.2 Å². The van der Waals surface area contributed by atoms with E-state index in [-0.39, 0.29) is 4.69 Å². The summed E-state index contributed by atoms with van der Waals surface area (Å²) < 4.78 is 0.0224. The number of carbonyl (C=O) groups is 1. The number of halogens is 2. The molecule has 0 amide bonds. The molecule has 0 fully saturated rings. The van der Waals surface area contributed by atoms with Gasteiger partial charge in [0.2, 0.25) is 4.69 Å². The molecule has 0 N–H and O–H groups in total. The number of hydrogen-bond donors (Lipinski definition) is 0. The summed E-state index contributed by atoms with van der Waals surface area (Å²) in [6, 6.07) is 7.96. The summed E-state index contributed by atoms with van der Waals surface area (Å²) in [6.07, 6.45) is 0.459. The van der Waals surface area contributed by atoms with Crippen molar-refractivity contribution in [2.45, 2.75) is 11.8 Å². The van der Waals surface area contributed by atoms with Gasteiger partial charge in [-0.05, 0) is 27.1 Å². The maximum atomic E-state index is 10.7. The highest BCUT2D eigenvalue weighted by Crippen LogP contribution is 2.10. The fourth-order valence-corrected chi connectivity index (χ4v) is 1.66. The summed E-state index contributed by atoms with van der Waals surface area (Å²) >= 11 is 6.27. The van der Waals surface area contributed by atoms with Crippen molar-refractivity contribution < 1.29 is 4.79 Å². The fourth-order valence-electron chi connectivity index (χ4n) is 0.983. The maximum absolute atomic E-state index is 10.7. The zero-order valence-corrected chi connectivity index (χ0v) is 9.56. The van der Waals surface area contributed by atoms with Crippen LogP contribution in [0.2, 0.25) is 0 Å². The van der Waals surface area contributed by atoms with Gasteiger partial charge < -0.3 is 0 Å². The minimum absolute atomic E-state index is 0.0224. The van der Waals surface area contributed by atoms with Crippen LogP contribution in [0.15, 0.2) is 24.3 Å². The molecular formula is C9H8Br2O. The lowest BCUT2D eigenvalue weighted by Crippen LogP contribution is -1.93. The molecule has 0 aliphatic rings. The molecule has 3 heteroatoms. The van der Waals surface area contributed by atoms with Crippen LogP contribution in [0.5, 0.6) is 0 Å². The molecule has 1 aromatic rings. The quantitative estimate of drug-likeness (QED) is 0.618. The van der Waals surface area contributed by atoms with Crippen molar-refractivity contribution in [1.82, 2.24) is 0 Å². The molecule has 0 radical (unpaired) electrons. The number of hydrogen-bond acceptors (Lipinski definition) is 1. The van der Waals surface area contributed by atoms with Crippen LogP contribution < -0.4 is 0 Å². The predicted molar refractivity (Wildman–Crippen MR) is 56.7 cm³/mol. The predicted octanol–water partition coefficient (Wildman–Crippen LogP) is 3.05. The molecule has 0 heterocycles. The van der Waals surface area contributed by atoms with Gasteiger partial charge in [0.25, 0.3) is 0 Å². The molecule has 0 bridgehead atoms. The maximum Gasteiger partial charge on any atom is 0.202 e. The zero-order chi connectivity index (χ0) is 8.97. The van der Waals surface area contributed by atoms with E-state index in [4.69, 9.17) is 0 Å². The van der Waals surface area contributed by atoms with Gasteiger partial charge in [0.1, 0.15) is 0 Å². The Labute approximate surface area is 88.4 Å². The second-order valence-electron chi connectivity index (χ2n) is 2.49. The van der Waals surface area contributed by atoms with Crippen LogP contribution in [-0.2, 0) is 16.5 Å². The van der Waals surface area contributed by atoms with Crippen LogP contribution in [0.3, 0.4) is 0 Å². The topological polar surface area (TPSA) is 17.1 Å². The first-order chi connectivity index (χ1) is 5.72. The lowest BCUT2D eigenvalue weighted by atomic mass is 10.1. The minimum Gasteiger partial charge on any atom is -0.286 e. The Kier molecular flexibility index (Phi) is 3.95. The monoisotopic (exact) mass is 290 g/mol. The average Bonchev–Trinajstić information content (AvgIpc) is 2.03. The van der Waals surface area contributed by atoms with E-state index in [1.807, 2.05) is 24.3 Å². The molecule has 0 saturated heterocycles. The third-order valence-electron chi connectivity index (χ3n) is 1.49. The average molecular weight is 292 g/mol. The van der Waals surface area contributed by atoms with E-state index in [2.05, 4.69) is 31.9 Å². The van der Waals surface area contributed by atoms with Gasteiger partial charge in [0.15, 0.2) is 0 Å². The van der Waals surface area contributed by atoms with Crippen molar-refractivity contribution in [2.24, 2.45) is 0 Å². The Bertz CT molecular complexity index is 284. The summed E-state index contributed by atoms with van der Waals surface area (Å²) in [4.78, 5) is 10.7. The molecule has 64 valence electrons. The Morgan fingerprint density at radius 2 is 2.00 bits per heavy atom. The summed E-state index contributed by atoms with van der Waals surface area (Å²) in [5, 5.41) is 0.831. The van der Waals surface area contributed by atoms with E-state index in [0.29, 0.717) is 6.42 Å². The zero-order valence-electron chi connectivity index (χ0n) is 6.39. The van der Waals surface area contributed by atoms with Gasteiger partial charge in [0, 0.05) is 11.8 Å². The van der Waals surface area contributed by atoms with Gasteiger partial charge in [-0.15, -0.1) is 0 Å². The lowest BCUT2D eigenvalue weighted by Gasteiger charge is -1.99. The van der Waals surface area contributed by atoms with Crippen molar-refractivity contribution in [3.8, 4) is 0 Å². The van der Waals surface area contributed by atoms with Gasteiger partial charge in [0.05, 0.1) is 0 Å². The van der Waals surface area contributed by atoms with Crippen molar-refractivity contribution in [1.29, 1.82) is 0 Å². The van der Waals surface area contributed by atoms with Gasteiger partial charge in [-0.3, -0.25) is 4.79 Å². The first-order valence-electron chi connectivity index (χ1n) is 3.54. The molecule has 0 aliphatic carbocycles. The highest BCUT2D eigenvalue weighted by molar-refractivity contribution is 9.18. The molecule has 1 nitrogen and oxygen atoms in total. The summed E-state index contributed by atoms with van der Waals surface area (Å²) in [7, 11) is 0. The van der Waals surface area contributed by atoms with E-state index >= 15 is 0 Å².